The van der Waals surface area contributed by atoms with Crippen molar-refractivity contribution in [2.24, 2.45) is 5.10 Å². The van der Waals surface area contributed by atoms with Gasteiger partial charge >= 0.3 is 11.9 Å². The highest BCUT2D eigenvalue weighted by atomic mass is 16.6. The van der Waals surface area contributed by atoms with E-state index in [1.54, 1.807) is 27.7 Å². The highest BCUT2D eigenvalue weighted by Gasteiger charge is 2.18. The van der Waals surface area contributed by atoms with Crippen LogP contribution in [0.1, 0.15) is 47.0 Å². The van der Waals surface area contributed by atoms with Gasteiger partial charge < -0.3 is 25.3 Å². The van der Waals surface area contributed by atoms with E-state index in [2.05, 4.69) is 15.8 Å². The first-order chi connectivity index (χ1) is 11.2. The van der Waals surface area contributed by atoms with Crippen molar-refractivity contribution in [2.45, 2.75) is 52.6 Å². The molecule has 1 amide bonds. The van der Waals surface area contributed by atoms with Gasteiger partial charge in [0.25, 0.3) is 0 Å². The van der Waals surface area contributed by atoms with E-state index in [0.717, 1.165) is 0 Å². The summed E-state index contributed by atoms with van der Waals surface area (Å²) in [5.74, 6) is -1.95. The average molecular weight is 345 g/mol. The molecule has 24 heavy (non-hydrogen) atoms. The van der Waals surface area contributed by atoms with Gasteiger partial charge in [0.2, 0.25) is 11.7 Å². The molecule has 0 aliphatic heterocycles. The summed E-state index contributed by atoms with van der Waals surface area (Å²) in [4.78, 5) is 35.0. The van der Waals surface area contributed by atoms with Gasteiger partial charge in [0, 0.05) is 12.8 Å². The van der Waals surface area contributed by atoms with Gasteiger partial charge in [0.05, 0.1) is 19.8 Å². The van der Waals surface area contributed by atoms with E-state index in [1.807, 2.05) is 0 Å². The van der Waals surface area contributed by atoms with Crippen molar-refractivity contribution < 1.29 is 29.0 Å². The summed E-state index contributed by atoms with van der Waals surface area (Å²) in [6, 6.07) is 0. The summed E-state index contributed by atoms with van der Waals surface area (Å²) in [5.41, 5.74) is 1.86. The molecule has 0 radical (unpaired) electrons. The molecule has 0 bridgehead atoms. The maximum absolute atomic E-state index is 11.8. The van der Waals surface area contributed by atoms with E-state index in [1.165, 1.54) is 0 Å². The van der Waals surface area contributed by atoms with Crippen LogP contribution in [0.15, 0.2) is 5.10 Å². The summed E-state index contributed by atoms with van der Waals surface area (Å²) in [6.45, 7) is 6.99. The zero-order valence-electron chi connectivity index (χ0n) is 14.7. The Morgan fingerprint density at radius 1 is 1.17 bits per heavy atom. The Hall–Kier alpha value is -2.16. The van der Waals surface area contributed by atoms with Gasteiger partial charge in [-0.05, 0) is 34.1 Å². The van der Waals surface area contributed by atoms with E-state index in [0.29, 0.717) is 0 Å². The molecule has 0 heterocycles. The highest BCUT2D eigenvalue weighted by Crippen LogP contribution is 2.09. The average Bonchev–Trinajstić information content (AvgIpc) is 2.44. The largest absolute Gasteiger partial charge is 0.460 e. The Morgan fingerprint density at radius 2 is 1.83 bits per heavy atom. The van der Waals surface area contributed by atoms with Crippen LogP contribution in [0.25, 0.3) is 0 Å². The predicted molar refractivity (Wildman–Crippen MR) is 87.0 cm³/mol. The Kier molecular flexibility index (Phi) is 10.4. The number of hydrogen-bond acceptors (Lipinski definition) is 8. The van der Waals surface area contributed by atoms with Crippen LogP contribution in [-0.4, -0.2) is 54.1 Å². The number of amidine groups is 1. The van der Waals surface area contributed by atoms with E-state index in [4.69, 9.17) is 14.6 Å². The van der Waals surface area contributed by atoms with Gasteiger partial charge in [-0.25, -0.2) is 4.79 Å². The van der Waals surface area contributed by atoms with Gasteiger partial charge in [-0.2, -0.15) is 5.10 Å². The fourth-order valence-electron chi connectivity index (χ4n) is 1.49. The molecule has 0 unspecified atom stereocenters. The van der Waals surface area contributed by atoms with Gasteiger partial charge in [0.15, 0.2) is 0 Å². The third-order valence-electron chi connectivity index (χ3n) is 2.35. The molecule has 9 nitrogen and oxygen atoms in total. The van der Waals surface area contributed by atoms with Crippen LogP contribution in [0.2, 0.25) is 0 Å². The van der Waals surface area contributed by atoms with Crippen LogP contribution in [-0.2, 0) is 23.9 Å². The standard InChI is InChI=1S/C15H27N3O6/c1-5-23-14(22)13(18-16-9-10-19)17-11(20)7-6-8-12(21)24-15(2,3)4/h16,19H,5-10H2,1-4H3,(H,17,18,20). The topological polar surface area (TPSA) is 126 Å². The van der Waals surface area contributed by atoms with Gasteiger partial charge in [-0.15, -0.1) is 0 Å². The Balaban J connectivity index is 4.38. The van der Waals surface area contributed by atoms with Crippen molar-refractivity contribution in [1.82, 2.24) is 10.7 Å². The number of amides is 1. The molecule has 0 saturated carbocycles. The Morgan fingerprint density at radius 3 is 2.38 bits per heavy atom. The van der Waals surface area contributed by atoms with E-state index >= 15 is 0 Å². The molecule has 0 aromatic heterocycles. The zero-order valence-corrected chi connectivity index (χ0v) is 14.7. The maximum Gasteiger partial charge on any atom is 0.376 e. The summed E-state index contributed by atoms with van der Waals surface area (Å²) in [7, 11) is 0. The van der Waals surface area contributed by atoms with Crippen LogP contribution in [0.4, 0.5) is 0 Å². The first-order valence-electron chi connectivity index (χ1n) is 7.79. The maximum atomic E-state index is 11.8. The van der Waals surface area contributed by atoms with Crippen LogP contribution in [0.5, 0.6) is 0 Å². The van der Waals surface area contributed by atoms with Crippen LogP contribution < -0.4 is 10.7 Å². The van der Waals surface area contributed by atoms with E-state index < -0.39 is 17.5 Å². The molecule has 9 heteroatoms. The third kappa shape index (κ3) is 11.4. The number of aliphatic hydroxyl groups excluding tert-OH is 1. The molecule has 0 rings (SSSR count). The predicted octanol–water partition coefficient (Wildman–Crippen LogP) is 0.0731. The van der Waals surface area contributed by atoms with Crippen molar-refractivity contribution in [3.05, 3.63) is 0 Å². The lowest BCUT2D eigenvalue weighted by atomic mass is 10.2. The highest BCUT2D eigenvalue weighted by molar-refractivity contribution is 6.38. The number of rotatable bonds is 8. The number of hydrazone groups is 1. The lowest BCUT2D eigenvalue weighted by Crippen LogP contribution is -2.39. The molecule has 0 aromatic rings. The van der Waals surface area contributed by atoms with Crippen LogP contribution in [0.3, 0.4) is 0 Å². The fraction of sp³-hybridized carbons (Fsp3) is 0.733. The second-order valence-corrected chi connectivity index (χ2v) is 5.80. The molecular weight excluding hydrogens is 318 g/mol. The molecule has 0 saturated heterocycles. The molecule has 0 atom stereocenters. The van der Waals surface area contributed by atoms with E-state index in [-0.39, 0.29) is 50.8 Å². The normalized spacial score (nSPS) is 11.6. The number of carbonyl (C=O) groups is 3. The summed E-state index contributed by atoms with van der Waals surface area (Å²) in [5, 5.41) is 14.7. The second kappa shape index (κ2) is 11.4. The number of nitrogens with one attached hydrogen (secondary N) is 2. The van der Waals surface area contributed by atoms with Gasteiger partial charge in [-0.1, -0.05) is 0 Å². The smallest absolute Gasteiger partial charge is 0.376 e. The number of aliphatic hydroxyl groups is 1. The Labute approximate surface area is 141 Å². The van der Waals surface area contributed by atoms with Crippen molar-refractivity contribution in [2.75, 3.05) is 19.8 Å². The molecule has 0 spiro atoms. The minimum atomic E-state index is -0.788. The minimum absolute atomic E-state index is 0.0255. The number of esters is 2. The molecule has 0 fully saturated rings. The van der Waals surface area contributed by atoms with E-state index in [9.17, 15) is 14.4 Å². The Bertz CT molecular complexity index is 457. The summed E-state index contributed by atoms with van der Waals surface area (Å²) < 4.78 is 9.91. The lowest BCUT2D eigenvalue weighted by molar-refractivity contribution is -0.155. The van der Waals surface area contributed by atoms with Crippen LogP contribution in [0, 0.1) is 0 Å². The van der Waals surface area contributed by atoms with Crippen molar-refractivity contribution in [3.8, 4) is 0 Å². The second-order valence-electron chi connectivity index (χ2n) is 5.80. The monoisotopic (exact) mass is 345 g/mol. The molecule has 0 aromatic carbocycles. The first-order valence-corrected chi connectivity index (χ1v) is 7.79. The number of hydrogen-bond donors (Lipinski definition) is 3. The molecule has 0 aliphatic carbocycles. The lowest BCUT2D eigenvalue weighted by Gasteiger charge is -2.19. The quantitative estimate of drug-likeness (QED) is 0.187. The van der Waals surface area contributed by atoms with Gasteiger partial charge in [0.1, 0.15) is 5.60 Å². The first kappa shape index (κ1) is 21.8. The molecular formula is C15H27N3O6. The number of nitrogens with zero attached hydrogens (tertiary/aromatic N) is 1. The van der Waals surface area contributed by atoms with Gasteiger partial charge in [-0.3, -0.25) is 9.59 Å². The van der Waals surface area contributed by atoms with Crippen molar-refractivity contribution in [1.29, 1.82) is 0 Å². The van der Waals surface area contributed by atoms with Crippen LogP contribution >= 0.6 is 0 Å². The SMILES string of the molecule is CCOC(=O)/C(=N/NCCO)NC(=O)CCCC(=O)OC(C)(C)C. The third-order valence-corrected chi connectivity index (χ3v) is 2.35. The number of carbonyl (C=O) groups excluding carboxylic acids is 3. The molecule has 0 aliphatic rings. The number of ether oxygens (including phenoxy) is 2. The minimum Gasteiger partial charge on any atom is -0.460 e. The molecule has 3 N–H and O–H groups in total. The van der Waals surface area contributed by atoms with Crippen molar-refractivity contribution in [3.63, 3.8) is 0 Å². The fourth-order valence-corrected chi connectivity index (χ4v) is 1.49. The summed E-state index contributed by atoms with van der Waals surface area (Å²) >= 11 is 0. The van der Waals surface area contributed by atoms with Crippen molar-refractivity contribution >= 4 is 23.7 Å². The zero-order chi connectivity index (χ0) is 18.6. The molecule has 138 valence electrons. The summed E-state index contributed by atoms with van der Waals surface area (Å²) in [6.07, 6.45) is 0.401.